The number of nitrogens with zero attached hydrogens (tertiary/aromatic N) is 1. The molecule has 0 bridgehead atoms. The van der Waals surface area contributed by atoms with Crippen molar-refractivity contribution in [2.24, 2.45) is 11.8 Å². The molecule has 5 rings (SSSR count). The quantitative estimate of drug-likeness (QED) is 0.828. The Hall–Kier alpha value is -1.42. The molecular formula is C21H26FNO2. The average molecular weight is 343 g/mol. The van der Waals surface area contributed by atoms with Crippen LogP contribution in [0.3, 0.4) is 0 Å². The maximum absolute atomic E-state index is 14.0. The molecule has 3 fully saturated rings. The molecule has 134 valence electrons. The molecule has 1 saturated heterocycles. The topological polar surface area (TPSA) is 29.5 Å². The number of likely N-dealkylation sites (tertiary alicyclic amines) is 1. The molecule has 4 heteroatoms. The van der Waals surface area contributed by atoms with E-state index in [1.807, 2.05) is 11.0 Å². The molecular weight excluding hydrogens is 317 g/mol. The largest absolute Gasteiger partial charge is 0.373 e. The zero-order valence-corrected chi connectivity index (χ0v) is 14.7. The third kappa shape index (κ3) is 2.88. The predicted molar refractivity (Wildman–Crippen MR) is 92.7 cm³/mol. The van der Waals surface area contributed by atoms with Crippen LogP contribution in [0.15, 0.2) is 18.2 Å². The molecule has 3 aliphatic carbocycles. The summed E-state index contributed by atoms with van der Waals surface area (Å²) in [7, 11) is 0. The fraction of sp³-hybridized carbons (Fsp3) is 0.667. The van der Waals surface area contributed by atoms with Crippen LogP contribution >= 0.6 is 0 Å². The van der Waals surface area contributed by atoms with E-state index in [-0.39, 0.29) is 23.3 Å². The van der Waals surface area contributed by atoms with Crippen LogP contribution in [0.4, 0.5) is 4.39 Å². The molecule has 2 saturated carbocycles. The molecule has 1 aromatic carbocycles. The van der Waals surface area contributed by atoms with Gasteiger partial charge < -0.3 is 9.64 Å². The van der Waals surface area contributed by atoms with Crippen molar-refractivity contribution in [2.45, 2.75) is 56.5 Å². The van der Waals surface area contributed by atoms with Gasteiger partial charge in [-0.25, -0.2) is 4.39 Å². The van der Waals surface area contributed by atoms with E-state index in [9.17, 15) is 9.18 Å². The molecule has 0 aromatic heterocycles. The lowest BCUT2D eigenvalue weighted by Gasteiger charge is -2.40. The van der Waals surface area contributed by atoms with E-state index >= 15 is 0 Å². The molecule has 0 unspecified atom stereocenters. The maximum Gasteiger partial charge on any atom is 0.225 e. The minimum absolute atomic E-state index is 0.00795. The van der Waals surface area contributed by atoms with E-state index in [1.165, 1.54) is 18.4 Å². The molecule has 1 amide bonds. The average Bonchev–Trinajstić information content (AvgIpc) is 3.53. The van der Waals surface area contributed by atoms with Crippen LogP contribution in [-0.2, 0) is 14.9 Å². The Morgan fingerprint density at radius 1 is 1.20 bits per heavy atom. The molecule has 0 radical (unpaired) electrons. The van der Waals surface area contributed by atoms with Gasteiger partial charge in [-0.1, -0.05) is 6.07 Å². The van der Waals surface area contributed by atoms with Crippen molar-refractivity contribution in [3.8, 4) is 0 Å². The van der Waals surface area contributed by atoms with Crippen molar-refractivity contribution in [1.29, 1.82) is 0 Å². The minimum atomic E-state index is -0.155. The van der Waals surface area contributed by atoms with Gasteiger partial charge in [-0.2, -0.15) is 0 Å². The van der Waals surface area contributed by atoms with Gasteiger partial charge in [0.1, 0.15) is 5.82 Å². The van der Waals surface area contributed by atoms with Crippen LogP contribution in [0.1, 0.15) is 62.2 Å². The van der Waals surface area contributed by atoms with Gasteiger partial charge in [0.05, 0.1) is 12.7 Å². The highest BCUT2D eigenvalue weighted by Gasteiger charge is 2.47. The summed E-state index contributed by atoms with van der Waals surface area (Å²) in [5, 5.41) is 0. The maximum atomic E-state index is 14.0. The number of carbonyl (C=O) groups excluding carboxylic acids is 1. The summed E-state index contributed by atoms with van der Waals surface area (Å²) in [5.41, 5.74) is 2.32. The van der Waals surface area contributed by atoms with E-state index in [0.717, 1.165) is 63.3 Å². The number of hydrogen-bond donors (Lipinski definition) is 0. The SMILES string of the molecule is O=C(C1CC1)N1CCC2(CC1)C[C@@H](OCC1CC1)c1ccc(F)cc12. The molecule has 25 heavy (non-hydrogen) atoms. The van der Waals surface area contributed by atoms with Gasteiger partial charge in [-0.3, -0.25) is 4.79 Å². The Labute approximate surface area is 148 Å². The number of fused-ring (bicyclic) bond motifs is 2. The third-order valence-electron chi connectivity index (χ3n) is 6.70. The monoisotopic (exact) mass is 343 g/mol. The van der Waals surface area contributed by atoms with Crippen molar-refractivity contribution < 1.29 is 13.9 Å². The second-order valence-electron chi connectivity index (χ2n) is 8.58. The number of piperidine rings is 1. The van der Waals surface area contributed by atoms with Crippen LogP contribution in [0, 0.1) is 17.7 Å². The molecule has 1 aromatic rings. The number of amides is 1. The normalized spacial score (nSPS) is 27.6. The summed E-state index contributed by atoms with van der Waals surface area (Å²) in [6.07, 6.45) is 7.61. The molecule has 0 N–H and O–H groups in total. The van der Waals surface area contributed by atoms with Gasteiger partial charge >= 0.3 is 0 Å². The highest BCUT2D eigenvalue weighted by atomic mass is 19.1. The summed E-state index contributed by atoms with van der Waals surface area (Å²) in [6.45, 7) is 2.45. The number of rotatable bonds is 4. The first-order valence-electron chi connectivity index (χ1n) is 9.85. The Balaban J connectivity index is 1.36. The van der Waals surface area contributed by atoms with E-state index < -0.39 is 0 Å². The zero-order chi connectivity index (χ0) is 17.0. The minimum Gasteiger partial charge on any atom is -0.373 e. The Morgan fingerprint density at radius 3 is 2.64 bits per heavy atom. The summed E-state index contributed by atoms with van der Waals surface area (Å²) < 4.78 is 20.2. The standard InChI is InChI=1S/C21H26FNO2/c22-16-5-6-17-18(11-16)21(12-19(17)25-13-14-1-2-14)7-9-23(10-8-21)20(24)15-3-4-15/h5-6,11,14-15,19H,1-4,7-10,12-13H2/t19-/m1/s1. The first-order chi connectivity index (χ1) is 12.1. The number of hydrogen-bond acceptors (Lipinski definition) is 2. The summed E-state index contributed by atoms with van der Waals surface area (Å²) in [6, 6.07) is 5.23. The molecule has 1 aliphatic heterocycles. The lowest BCUT2D eigenvalue weighted by atomic mass is 9.73. The second kappa shape index (κ2) is 5.80. The Kier molecular flexibility index (Phi) is 3.67. The van der Waals surface area contributed by atoms with E-state index in [4.69, 9.17) is 4.74 Å². The van der Waals surface area contributed by atoms with Gasteiger partial charge in [0.25, 0.3) is 0 Å². The molecule has 3 nitrogen and oxygen atoms in total. The fourth-order valence-corrected chi connectivity index (χ4v) is 4.75. The third-order valence-corrected chi connectivity index (χ3v) is 6.70. The van der Waals surface area contributed by atoms with Crippen molar-refractivity contribution in [3.05, 3.63) is 35.1 Å². The fourth-order valence-electron chi connectivity index (χ4n) is 4.75. The number of carbonyl (C=O) groups is 1. The van der Waals surface area contributed by atoms with E-state index in [0.29, 0.717) is 5.91 Å². The van der Waals surface area contributed by atoms with Crippen LogP contribution in [0.2, 0.25) is 0 Å². The highest BCUT2D eigenvalue weighted by Crippen LogP contribution is 2.53. The summed E-state index contributed by atoms with van der Waals surface area (Å²) >= 11 is 0. The number of halogens is 1. The Morgan fingerprint density at radius 2 is 1.96 bits per heavy atom. The van der Waals surface area contributed by atoms with Gasteiger partial charge in [0.2, 0.25) is 5.91 Å². The van der Waals surface area contributed by atoms with Gasteiger partial charge in [-0.15, -0.1) is 0 Å². The smallest absolute Gasteiger partial charge is 0.225 e. The zero-order valence-electron chi connectivity index (χ0n) is 14.7. The van der Waals surface area contributed by atoms with Crippen LogP contribution in [-0.4, -0.2) is 30.5 Å². The second-order valence-corrected chi connectivity index (χ2v) is 8.58. The van der Waals surface area contributed by atoms with Crippen LogP contribution < -0.4 is 0 Å². The van der Waals surface area contributed by atoms with E-state index in [1.54, 1.807) is 12.1 Å². The molecule has 1 heterocycles. The van der Waals surface area contributed by atoms with Gasteiger partial charge in [0, 0.05) is 24.4 Å². The first-order valence-corrected chi connectivity index (χ1v) is 9.85. The number of benzene rings is 1. The van der Waals surface area contributed by atoms with Crippen LogP contribution in [0.5, 0.6) is 0 Å². The highest BCUT2D eigenvalue weighted by molar-refractivity contribution is 5.81. The predicted octanol–water partition coefficient (Wildman–Crippen LogP) is 3.97. The molecule has 1 spiro atoms. The van der Waals surface area contributed by atoms with Crippen molar-refractivity contribution in [2.75, 3.05) is 19.7 Å². The van der Waals surface area contributed by atoms with Crippen molar-refractivity contribution in [1.82, 2.24) is 4.90 Å². The molecule has 4 aliphatic rings. The van der Waals surface area contributed by atoms with Gasteiger partial charge in [0.15, 0.2) is 0 Å². The van der Waals surface area contributed by atoms with Gasteiger partial charge in [-0.05, 0) is 74.1 Å². The Bertz CT molecular complexity index is 687. The van der Waals surface area contributed by atoms with E-state index in [2.05, 4.69) is 0 Å². The summed E-state index contributed by atoms with van der Waals surface area (Å²) in [5.74, 6) is 1.21. The van der Waals surface area contributed by atoms with Crippen molar-refractivity contribution in [3.63, 3.8) is 0 Å². The first kappa shape index (κ1) is 15.8. The number of ether oxygens (including phenoxy) is 1. The van der Waals surface area contributed by atoms with Crippen LogP contribution in [0.25, 0.3) is 0 Å². The molecule has 1 atom stereocenters. The van der Waals surface area contributed by atoms with Crippen molar-refractivity contribution >= 4 is 5.91 Å². The lowest BCUT2D eigenvalue weighted by molar-refractivity contribution is -0.134. The lowest BCUT2D eigenvalue weighted by Crippen LogP contribution is -2.45. The summed E-state index contributed by atoms with van der Waals surface area (Å²) in [4.78, 5) is 14.4.